The molecule has 0 bridgehead atoms. The van der Waals surface area contributed by atoms with Gasteiger partial charge in [-0.05, 0) is 29.8 Å². The van der Waals surface area contributed by atoms with E-state index in [1.807, 2.05) is 12.1 Å². The molecule has 0 unspecified atom stereocenters. The molecular formula is C21H16ClFN4O3. The van der Waals surface area contributed by atoms with Gasteiger partial charge in [-0.3, -0.25) is 4.98 Å². The third-order valence-electron chi connectivity index (χ3n) is 4.37. The van der Waals surface area contributed by atoms with Gasteiger partial charge in [0.2, 0.25) is 0 Å². The first-order valence-electron chi connectivity index (χ1n) is 8.85. The van der Waals surface area contributed by atoms with Crippen molar-refractivity contribution in [3.8, 4) is 17.2 Å². The number of phenolic OH excluding ortho intramolecular Hbond substituents is 1. The van der Waals surface area contributed by atoms with Crippen molar-refractivity contribution in [2.24, 2.45) is 0 Å². The molecule has 0 aliphatic carbocycles. The molecule has 0 amide bonds. The first kappa shape index (κ1) is 19.7. The number of hydrogen-bond donors (Lipinski definition) is 2. The van der Waals surface area contributed by atoms with Gasteiger partial charge in [0.25, 0.3) is 0 Å². The van der Waals surface area contributed by atoms with Crippen LogP contribution >= 0.6 is 11.6 Å². The Labute approximate surface area is 176 Å². The molecule has 2 heterocycles. The van der Waals surface area contributed by atoms with Crippen LogP contribution in [0.2, 0.25) is 5.02 Å². The van der Waals surface area contributed by atoms with E-state index in [1.165, 1.54) is 19.4 Å². The van der Waals surface area contributed by atoms with Crippen molar-refractivity contribution in [3.63, 3.8) is 0 Å². The van der Waals surface area contributed by atoms with Gasteiger partial charge in [-0.25, -0.2) is 4.39 Å². The number of benzene rings is 2. The van der Waals surface area contributed by atoms with Crippen molar-refractivity contribution in [2.45, 2.75) is 6.61 Å². The lowest BCUT2D eigenvalue weighted by molar-refractivity contribution is 0.285. The average Bonchev–Trinajstić information content (AvgIpc) is 2.76. The monoisotopic (exact) mass is 426 g/mol. The van der Waals surface area contributed by atoms with Crippen molar-refractivity contribution >= 4 is 33.9 Å². The summed E-state index contributed by atoms with van der Waals surface area (Å²) < 4.78 is 25.6. The van der Waals surface area contributed by atoms with Crippen molar-refractivity contribution < 1.29 is 19.0 Å². The highest BCUT2D eigenvalue weighted by atomic mass is 35.5. The minimum absolute atomic E-state index is 0.0446. The highest BCUT2D eigenvalue weighted by molar-refractivity contribution is 6.32. The third kappa shape index (κ3) is 4.04. The van der Waals surface area contributed by atoms with Crippen LogP contribution in [-0.4, -0.2) is 27.4 Å². The fourth-order valence-corrected chi connectivity index (χ4v) is 3.01. The number of anilines is 2. The highest BCUT2D eigenvalue weighted by Crippen LogP contribution is 2.37. The summed E-state index contributed by atoms with van der Waals surface area (Å²) in [4.78, 5) is 3.98. The van der Waals surface area contributed by atoms with Gasteiger partial charge in [-0.1, -0.05) is 11.6 Å². The Balaban J connectivity index is 1.68. The van der Waals surface area contributed by atoms with Crippen molar-refractivity contribution in [3.05, 3.63) is 71.4 Å². The van der Waals surface area contributed by atoms with E-state index in [-0.39, 0.29) is 16.5 Å². The summed E-state index contributed by atoms with van der Waals surface area (Å²) >= 11 is 5.74. The molecule has 4 aromatic rings. The van der Waals surface area contributed by atoms with Gasteiger partial charge in [0.15, 0.2) is 11.5 Å². The molecule has 4 rings (SSSR count). The largest absolute Gasteiger partial charge is 0.506 e. The van der Waals surface area contributed by atoms with Crippen LogP contribution in [0.5, 0.6) is 17.2 Å². The number of phenols is 1. The Hall–Kier alpha value is -3.65. The van der Waals surface area contributed by atoms with E-state index in [2.05, 4.69) is 20.5 Å². The molecule has 0 saturated carbocycles. The van der Waals surface area contributed by atoms with E-state index >= 15 is 0 Å². The fourth-order valence-electron chi connectivity index (χ4n) is 2.86. The number of aromatic nitrogens is 3. The molecule has 0 aliphatic rings. The average molecular weight is 427 g/mol. The number of methoxy groups -OCH3 is 1. The summed E-state index contributed by atoms with van der Waals surface area (Å²) in [5.41, 5.74) is 1.98. The second-order valence-electron chi connectivity index (χ2n) is 6.33. The lowest BCUT2D eigenvalue weighted by atomic mass is 10.1. The summed E-state index contributed by atoms with van der Waals surface area (Å²) in [5.74, 6) is 0.110. The van der Waals surface area contributed by atoms with E-state index in [0.717, 1.165) is 11.6 Å². The summed E-state index contributed by atoms with van der Waals surface area (Å²) in [6.07, 6.45) is 4.82. The Bertz CT molecular complexity index is 1210. The number of ether oxygens (including phenoxy) is 2. The molecule has 2 aromatic carbocycles. The zero-order valence-electron chi connectivity index (χ0n) is 15.8. The summed E-state index contributed by atoms with van der Waals surface area (Å²) in [6, 6.07) is 9.36. The summed E-state index contributed by atoms with van der Waals surface area (Å²) in [6.45, 7) is 0.324. The van der Waals surface area contributed by atoms with Gasteiger partial charge in [-0.2, -0.15) is 10.2 Å². The number of hydrogen-bond acceptors (Lipinski definition) is 7. The number of nitrogens with one attached hydrogen (secondary N) is 1. The number of halogens is 2. The molecule has 0 fully saturated rings. The van der Waals surface area contributed by atoms with E-state index in [1.54, 1.807) is 24.5 Å². The molecule has 2 aromatic heterocycles. The van der Waals surface area contributed by atoms with Crippen LogP contribution in [0.3, 0.4) is 0 Å². The second-order valence-corrected chi connectivity index (χ2v) is 6.74. The lowest BCUT2D eigenvalue weighted by Gasteiger charge is -2.14. The van der Waals surface area contributed by atoms with Crippen molar-refractivity contribution in [1.82, 2.24) is 15.2 Å². The van der Waals surface area contributed by atoms with Gasteiger partial charge < -0.3 is 19.9 Å². The zero-order chi connectivity index (χ0) is 21.1. The number of pyridine rings is 1. The topological polar surface area (TPSA) is 89.4 Å². The zero-order valence-corrected chi connectivity index (χ0v) is 16.5. The van der Waals surface area contributed by atoms with Crippen LogP contribution in [0.4, 0.5) is 15.8 Å². The molecule has 0 radical (unpaired) electrons. The Morgan fingerprint density at radius 2 is 1.90 bits per heavy atom. The standard InChI is InChI=1S/C21H16ClFN4O3/c1-29-20-6-13-16(9-21(20)30-11-12-2-4-24-5-3-12)27-25-10-18(13)26-17-8-19(28)14(22)7-15(17)23/h2-10,28H,11H2,1H3,(H,26,27). The van der Waals surface area contributed by atoms with Gasteiger partial charge in [0.1, 0.15) is 18.2 Å². The Morgan fingerprint density at radius 1 is 1.10 bits per heavy atom. The number of fused-ring (bicyclic) bond motifs is 1. The molecule has 0 atom stereocenters. The maximum atomic E-state index is 14.2. The van der Waals surface area contributed by atoms with Gasteiger partial charge in [0.05, 0.1) is 35.2 Å². The normalized spacial score (nSPS) is 10.8. The molecular weight excluding hydrogens is 411 g/mol. The number of rotatable bonds is 6. The molecule has 30 heavy (non-hydrogen) atoms. The first-order chi connectivity index (χ1) is 14.5. The maximum absolute atomic E-state index is 14.2. The first-order valence-corrected chi connectivity index (χ1v) is 9.23. The number of nitrogens with zero attached hydrogens (tertiary/aromatic N) is 3. The van der Waals surface area contributed by atoms with Crippen LogP contribution in [-0.2, 0) is 6.61 Å². The Morgan fingerprint density at radius 3 is 2.67 bits per heavy atom. The summed E-state index contributed by atoms with van der Waals surface area (Å²) in [7, 11) is 1.53. The molecule has 152 valence electrons. The Kier molecular flexibility index (Phi) is 5.49. The predicted octanol–water partition coefficient (Wildman–Crippen LogP) is 4.85. The quantitative estimate of drug-likeness (QED) is 0.455. The smallest absolute Gasteiger partial charge is 0.163 e. The van der Waals surface area contributed by atoms with E-state index in [9.17, 15) is 9.50 Å². The predicted molar refractivity (Wildman–Crippen MR) is 111 cm³/mol. The van der Waals surface area contributed by atoms with Gasteiger partial charge in [-0.15, -0.1) is 0 Å². The maximum Gasteiger partial charge on any atom is 0.163 e. The van der Waals surface area contributed by atoms with Crippen LogP contribution in [0, 0.1) is 5.82 Å². The van der Waals surface area contributed by atoms with Gasteiger partial charge in [0, 0.05) is 29.9 Å². The fraction of sp³-hybridized carbons (Fsp3) is 0.0952. The van der Waals surface area contributed by atoms with Crippen LogP contribution in [0.15, 0.2) is 55.0 Å². The van der Waals surface area contributed by atoms with Crippen molar-refractivity contribution in [2.75, 3.05) is 12.4 Å². The van der Waals surface area contributed by atoms with Crippen LogP contribution < -0.4 is 14.8 Å². The SMILES string of the molecule is COc1cc2c(Nc3cc(O)c(Cl)cc3F)cnnc2cc1OCc1ccncc1. The molecule has 2 N–H and O–H groups in total. The third-order valence-corrected chi connectivity index (χ3v) is 4.68. The van der Waals surface area contributed by atoms with Crippen LogP contribution in [0.25, 0.3) is 10.9 Å². The molecule has 9 heteroatoms. The minimum atomic E-state index is -0.618. The lowest BCUT2D eigenvalue weighted by Crippen LogP contribution is -2.00. The number of aromatic hydroxyl groups is 1. The highest BCUT2D eigenvalue weighted by Gasteiger charge is 2.14. The van der Waals surface area contributed by atoms with Gasteiger partial charge >= 0.3 is 0 Å². The molecule has 0 spiro atoms. The van der Waals surface area contributed by atoms with E-state index < -0.39 is 5.82 Å². The van der Waals surface area contributed by atoms with Crippen LogP contribution in [0.1, 0.15) is 5.56 Å². The minimum Gasteiger partial charge on any atom is -0.506 e. The van der Waals surface area contributed by atoms with E-state index in [0.29, 0.717) is 34.7 Å². The molecule has 0 aliphatic heterocycles. The molecule has 0 saturated heterocycles. The summed E-state index contributed by atoms with van der Waals surface area (Å²) in [5, 5.41) is 21.3. The van der Waals surface area contributed by atoms with E-state index in [4.69, 9.17) is 21.1 Å². The second kappa shape index (κ2) is 8.38. The van der Waals surface area contributed by atoms with Crippen molar-refractivity contribution in [1.29, 1.82) is 0 Å². The molecule has 7 nitrogen and oxygen atoms in total.